The standard InChI is InChI=1S/C26H35F4N5O2S/c1-33-15-19(14-31)38-23(33)25-7-6-18(11-16(25)13-25)35(10-9-34-8-2-3-22(34)36)24(37)32-17-4-5-21(27)20(12-17)26(28,29)30/h4-5,12,15-16,18,22-23,36H,2-3,6-11,13-14,31H2,1H3,(H,32,37)/t16?,18-,22?,23?,25+/m1/s1. The van der Waals surface area contributed by atoms with Crippen LogP contribution in [0.15, 0.2) is 29.3 Å². The molecule has 1 aromatic rings. The van der Waals surface area contributed by atoms with E-state index in [1.807, 2.05) is 16.7 Å². The van der Waals surface area contributed by atoms with Crippen molar-refractivity contribution in [3.8, 4) is 0 Å². The predicted octanol–water partition coefficient (Wildman–Crippen LogP) is 4.46. The number of benzene rings is 1. The number of aliphatic hydroxyl groups excluding tert-OH is 1. The maximum absolute atomic E-state index is 13.8. The number of carbonyl (C=O) groups excluding carboxylic acids is 1. The van der Waals surface area contributed by atoms with Gasteiger partial charge >= 0.3 is 12.2 Å². The molecular weight excluding hydrogens is 522 g/mol. The van der Waals surface area contributed by atoms with Crippen molar-refractivity contribution in [1.82, 2.24) is 14.7 Å². The molecule has 7 nitrogen and oxygen atoms in total. The zero-order valence-electron chi connectivity index (χ0n) is 21.4. The number of rotatable bonds is 7. The SMILES string of the molecule is CN1C=C(CN)SC1[C@]12CC[C@@H](N(CCN3CCCC3O)C(=O)Nc3ccc(F)c(C(F)(F)F)c3)CC1C2. The number of halogens is 4. The van der Waals surface area contributed by atoms with E-state index in [4.69, 9.17) is 5.73 Å². The molecule has 3 fully saturated rings. The number of carbonyl (C=O) groups is 1. The molecule has 2 saturated carbocycles. The highest BCUT2D eigenvalue weighted by atomic mass is 32.2. The highest BCUT2D eigenvalue weighted by Gasteiger charge is 2.63. The highest BCUT2D eigenvalue weighted by molar-refractivity contribution is 8.03. The summed E-state index contributed by atoms with van der Waals surface area (Å²) in [5.41, 5.74) is 4.53. The number of urea groups is 1. The van der Waals surface area contributed by atoms with Gasteiger partial charge in [0.25, 0.3) is 0 Å². The molecule has 4 N–H and O–H groups in total. The van der Waals surface area contributed by atoms with Crippen molar-refractivity contribution >= 4 is 23.5 Å². The summed E-state index contributed by atoms with van der Waals surface area (Å²) in [6, 6.07) is 1.93. The van der Waals surface area contributed by atoms with E-state index < -0.39 is 29.8 Å². The number of amides is 2. The maximum atomic E-state index is 13.8. The Kier molecular flexibility index (Phi) is 7.62. The fourth-order valence-corrected chi connectivity index (χ4v) is 8.04. The summed E-state index contributed by atoms with van der Waals surface area (Å²) >= 11 is 1.83. The van der Waals surface area contributed by atoms with Gasteiger partial charge in [-0.05, 0) is 62.6 Å². The Hall–Kier alpha value is -2.02. The van der Waals surface area contributed by atoms with Crippen LogP contribution >= 0.6 is 11.8 Å². The fraction of sp³-hybridized carbons (Fsp3) is 0.654. The third-order valence-corrected chi connectivity index (χ3v) is 10.2. The predicted molar refractivity (Wildman–Crippen MR) is 138 cm³/mol. The lowest BCUT2D eigenvalue weighted by Gasteiger charge is -2.40. The monoisotopic (exact) mass is 557 g/mol. The van der Waals surface area contributed by atoms with Crippen LogP contribution in [-0.2, 0) is 6.18 Å². The number of aliphatic hydroxyl groups is 1. The summed E-state index contributed by atoms with van der Waals surface area (Å²) in [6.07, 6.45) is 1.88. The summed E-state index contributed by atoms with van der Waals surface area (Å²) < 4.78 is 53.5. The van der Waals surface area contributed by atoms with E-state index in [1.54, 1.807) is 4.90 Å². The second-order valence-electron chi connectivity index (χ2n) is 11.0. The first-order valence-corrected chi connectivity index (χ1v) is 14.1. The molecular formula is C26H35F4N5O2S. The van der Waals surface area contributed by atoms with E-state index in [2.05, 4.69) is 23.5 Å². The maximum Gasteiger partial charge on any atom is 0.419 e. The molecule has 0 spiro atoms. The molecule has 5 rings (SSSR count). The number of hydrogen-bond donors (Lipinski definition) is 3. The number of hydrogen-bond acceptors (Lipinski definition) is 6. The molecule has 5 atom stereocenters. The van der Waals surface area contributed by atoms with Crippen LogP contribution in [0.2, 0.25) is 0 Å². The molecule has 2 aliphatic heterocycles. The van der Waals surface area contributed by atoms with Gasteiger partial charge < -0.3 is 26.0 Å². The number of anilines is 1. The van der Waals surface area contributed by atoms with Crippen LogP contribution in [0.1, 0.15) is 44.1 Å². The smallest absolute Gasteiger partial charge is 0.378 e. The van der Waals surface area contributed by atoms with Gasteiger partial charge in [0.05, 0.1) is 10.9 Å². The quantitative estimate of drug-likeness (QED) is 0.430. The van der Waals surface area contributed by atoms with E-state index in [9.17, 15) is 27.5 Å². The number of likely N-dealkylation sites (tertiary alicyclic amines) is 1. The molecule has 0 radical (unpaired) electrons. The van der Waals surface area contributed by atoms with Gasteiger partial charge in [0.2, 0.25) is 0 Å². The van der Waals surface area contributed by atoms with Crippen LogP contribution in [-0.4, -0.2) is 76.7 Å². The molecule has 0 bridgehead atoms. The molecule has 4 aliphatic rings. The van der Waals surface area contributed by atoms with E-state index in [-0.39, 0.29) is 17.1 Å². The van der Waals surface area contributed by atoms with Gasteiger partial charge in [-0.25, -0.2) is 9.18 Å². The summed E-state index contributed by atoms with van der Waals surface area (Å²) in [6.45, 7) is 2.08. The minimum atomic E-state index is -4.86. The molecule has 3 unspecified atom stereocenters. The average molecular weight is 558 g/mol. The number of alkyl halides is 3. The van der Waals surface area contributed by atoms with Crippen LogP contribution in [0.25, 0.3) is 0 Å². The molecule has 38 heavy (non-hydrogen) atoms. The van der Waals surface area contributed by atoms with Crippen LogP contribution in [0, 0.1) is 17.2 Å². The highest BCUT2D eigenvalue weighted by Crippen LogP contribution is 2.68. The second-order valence-corrected chi connectivity index (χ2v) is 12.2. The van der Waals surface area contributed by atoms with Crippen molar-refractivity contribution in [2.45, 2.75) is 62.3 Å². The Balaban J connectivity index is 1.29. The topological polar surface area (TPSA) is 85.1 Å². The molecule has 1 aromatic carbocycles. The lowest BCUT2D eigenvalue weighted by molar-refractivity contribution is -0.139. The fourth-order valence-electron chi connectivity index (χ4n) is 6.56. The van der Waals surface area contributed by atoms with Crippen molar-refractivity contribution in [2.75, 3.05) is 38.5 Å². The minimum Gasteiger partial charge on any atom is -0.378 e. The van der Waals surface area contributed by atoms with Gasteiger partial charge in [-0.15, -0.1) is 11.8 Å². The molecule has 2 heterocycles. The lowest BCUT2D eigenvalue weighted by Crippen LogP contribution is -2.49. The van der Waals surface area contributed by atoms with Crippen molar-refractivity contribution < 1.29 is 27.5 Å². The van der Waals surface area contributed by atoms with Gasteiger partial charge in [0.1, 0.15) is 12.0 Å². The van der Waals surface area contributed by atoms with Crippen molar-refractivity contribution in [2.24, 2.45) is 17.1 Å². The number of nitrogens with zero attached hydrogens (tertiary/aromatic N) is 3. The van der Waals surface area contributed by atoms with Crippen LogP contribution in [0.5, 0.6) is 0 Å². The largest absolute Gasteiger partial charge is 0.419 e. The summed E-state index contributed by atoms with van der Waals surface area (Å²) in [5.74, 6) is -0.934. The van der Waals surface area contributed by atoms with Crippen molar-refractivity contribution in [3.63, 3.8) is 0 Å². The summed E-state index contributed by atoms with van der Waals surface area (Å²) in [4.78, 5) is 20.5. The third-order valence-electron chi connectivity index (χ3n) is 8.63. The van der Waals surface area contributed by atoms with Gasteiger partial charge in [-0.1, -0.05) is 0 Å². The van der Waals surface area contributed by atoms with Gasteiger partial charge in [-0.3, -0.25) is 4.90 Å². The average Bonchev–Trinajstić information content (AvgIpc) is 3.25. The zero-order valence-corrected chi connectivity index (χ0v) is 22.2. The first kappa shape index (κ1) is 27.5. The van der Waals surface area contributed by atoms with Crippen LogP contribution in [0.4, 0.5) is 28.0 Å². The van der Waals surface area contributed by atoms with Crippen molar-refractivity contribution in [1.29, 1.82) is 0 Å². The Morgan fingerprint density at radius 2 is 2.13 bits per heavy atom. The Morgan fingerprint density at radius 3 is 2.76 bits per heavy atom. The van der Waals surface area contributed by atoms with E-state index >= 15 is 0 Å². The summed E-state index contributed by atoms with van der Waals surface area (Å²) in [7, 11) is 2.08. The molecule has 2 amide bonds. The van der Waals surface area contributed by atoms with Crippen LogP contribution in [0.3, 0.4) is 0 Å². The van der Waals surface area contributed by atoms with Gasteiger partial charge in [-0.2, -0.15) is 13.2 Å². The summed E-state index contributed by atoms with van der Waals surface area (Å²) in [5, 5.41) is 13.1. The minimum absolute atomic E-state index is 0.0726. The molecule has 2 aliphatic carbocycles. The van der Waals surface area contributed by atoms with Gasteiger partial charge in [0.15, 0.2) is 0 Å². The Labute approximate surface area is 224 Å². The molecule has 12 heteroatoms. The van der Waals surface area contributed by atoms with E-state index in [0.717, 1.165) is 50.8 Å². The van der Waals surface area contributed by atoms with Crippen LogP contribution < -0.4 is 11.1 Å². The molecule has 1 saturated heterocycles. The third kappa shape index (κ3) is 5.37. The first-order valence-electron chi connectivity index (χ1n) is 13.2. The number of fused-ring (bicyclic) bond motifs is 1. The number of nitrogens with two attached hydrogens (primary N) is 1. The zero-order chi connectivity index (χ0) is 27.2. The molecule has 0 aromatic heterocycles. The lowest BCUT2D eigenvalue weighted by atomic mass is 9.84. The van der Waals surface area contributed by atoms with E-state index in [1.165, 1.54) is 4.91 Å². The Morgan fingerprint density at radius 1 is 1.34 bits per heavy atom. The Bertz CT molecular complexity index is 1090. The molecule has 210 valence electrons. The number of thioether (sulfide) groups is 1. The van der Waals surface area contributed by atoms with Gasteiger partial charge in [0, 0.05) is 61.5 Å². The normalized spacial score (nSPS) is 31.2. The number of nitrogens with one attached hydrogen (secondary N) is 1. The first-order chi connectivity index (χ1) is 18.0. The van der Waals surface area contributed by atoms with Crippen molar-refractivity contribution in [3.05, 3.63) is 40.7 Å². The van der Waals surface area contributed by atoms with E-state index in [0.29, 0.717) is 43.4 Å². The second kappa shape index (κ2) is 10.5.